The molecule has 3 nitrogen and oxygen atoms in total. The second-order valence-corrected chi connectivity index (χ2v) is 5.22. The highest BCUT2D eigenvalue weighted by Crippen LogP contribution is 2.05. The van der Waals surface area contributed by atoms with Gasteiger partial charge in [0.2, 0.25) is 0 Å². The van der Waals surface area contributed by atoms with E-state index in [1.807, 2.05) is 60.7 Å². The molecule has 0 spiro atoms. The third-order valence-corrected chi connectivity index (χ3v) is 3.25. The molecule has 0 aromatic heterocycles. The van der Waals surface area contributed by atoms with Gasteiger partial charge in [-0.15, -0.1) is 0 Å². The van der Waals surface area contributed by atoms with Crippen molar-refractivity contribution in [3.05, 3.63) is 71.8 Å². The normalized spacial score (nSPS) is 13.8. The van der Waals surface area contributed by atoms with Crippen molar-refractivity contribution in [1.29, 1.82) is 0 Å². The first kappa shape index (κ1) is 15.7. The van der Waals surface area contributed by atoms with E-state index in [2.05, 4.69) is 0 Å². The minimum Gasteiger partial charge on any atom is -0.390 e. The molecule has 112 valence electrons. The van der Waals surface area contributed by atoms with Crippen LogP contribution in [-0.2, 0) is 17.6 Å². The Morgan fingerprint density at radius 3 is 1.43 bits per heavy atom. The standard InChI is InChI=1S/C18H22O3/c19-17(11-15-7-3-1-4-8-15)13-21-14-18(20)12-16-9-5-2-6-10-16/h1-10,17-20H,11-14H2. The third kappa shape index (κ3) is 6.08. The average Bonchev–Trinajstić information content (AvgIpc) is 2.49. The zero-order valence-corrected chi connectivity index (χ0v) is 12.1. The van der Waals surface area contributed by atoms with Gasteiger partial charge in [0.1, 0.15) is 0 Å². The largest absolute Gasteiger partial charge is 0.390 e. The molecular weight excluding hydrogens is 264 g/mol. The average molecular weight is 286 g/mol. The van der Waals surface area contributed by atoms with Gasteiger partial charge in [0, 0.05) is 12.8 Å². The molecule has 2 unspecified atom stereocenters. The molecule has 0 amide bonds. The summed E-state index contributed by atoms with van der Waals surface area (Å²) in [5.41, 5.74) is 2.16. The summed E-state index contributed by atoms with van der Waals surface area (Å²) < 4.78 is 5.40. The number of benzene rings is 2. The Morgan fingerprint density at radius 1 is 0.667 bits per heavy atom. The maximum atomic E-state index is 9.90. The molecule has 2 rings (SSSR count). The number of aliphatic hydroxyl groups excluding tert-OH is 2. The van der Waals surface area contributed by atoms with E-state index in [1.165, 1.54) is 0 Å². The van der Waals surface area contributed by atoms with Crippen LogP contribution in [0.4, 0.5) is 0 Å². The zero-order valence-electron chi connectivity index (χ0n) is 12.1. The first-order chi connectivity index (χ1) is 10.2. The van der Waals surface area contributed by atoms with Gasteiger partial charge in [0.25, 0.3) is 0 Å². The van der Waals surface area contributed by atoms with E-state index in [0.29, 0.717) is 12.8 Å². The second kappa shape index (κ2) is 8.57. The third-order valence-electron chi connectivity index (χ3n) is 3.25. The van der Waals surface area contributed by atoms with E-state index >= 15 is 0 Å². The van der Waals surface area contributed by atoms with E-state index in [1.54, 1.807) is 0 Å². The highest BCUT2D eigenvalue weighted by Gasteiger charge is 2.09. The van der Waals surface area contributed by atoms with Crippen LogP contribution in [0.3, 0.4) is 0 Å². The van der Waals surface area contributed by atoms with Crippen molar-refractivity contribution in [1.82, 2.24) is 0 Å². The Bertz CT molecular complexity index is 451. The fourth-order valence-corrected chi connectivity index (χ4v) is 2.23. The van der Waals surface area contributed by atoms with Crippen LogP contribution in [0.5, 0.6) is 0 Å². The fraction of sp³-hybridized carbons (Fsp3) is 0.333. The summed E-state index contributed by atoms with van der Waals surface area (Å²) in [5, 5.41) is 19.8. The number of hydrogen-bond donors (Lipinski definition) is 2. The lowest BCUT2D eigenvalue weighted by Crippen LogP contribution is -2.24. The summed E-state index contributed by atoms with van der Waals surface area (Å²) in [6, 6.07) is 19.6. The first-order valence-electron chi connectivity index (χ1n) is 7.26. The highest BCUT2D eigenvalue weighted by atomic mass is 16.5. The molecule has 21 heavy (non-hydrogen) atoms. The second-order valence-electron chi connectivity index (χ2n) is 5.22. The van der Waals surface area contributed by atoms with Gasteiger partial charge in [-0.05, 0) is 11.1 Å². The molecule has 0 aliphatic heterocycles. The van der Waals surface area contributed by atoms with Gasteiger partial charge in [-0.3, -0.25) is 0 Å². The van der Waals surface area contributed by atoms with E-state index in [0.717, 1.165) is 11.1 Å². The van der Waals surface area contributed by atoms with Gasteiger partial charge in [0.05, 0.1) is 25.4 Å². The predicted octanol–water partition coefficient (Wildman–Crippen LogP) is 2.21. The summed E-state index contributed by atoms with van der Waals surface area (Å²) in [6.07, 6.45) is 0.0401. The van der Waals surface area contributed by atoms with E-state index in [9.17, 15) is 10.2 Å². The Hall–Kier alpha value is -1.68. The quantitative estimate of drug-likeness (QED) is 0.782. The predicted molar refractivity (Wildman–Crippen MR) is 83.1 cm³/mol. The topological polar surface area (TPSA) is 49.7 Å². The van der Waals surface area contributed by atoms with Crippen LogP contribution in [0.1, 0.15) is 11.1 Å². The van der Waals surface area contributed by atoms with Crippen molar-refractivity contribution >= 4 is 0 Å². The van der Waals surface area contributed by atoms with Gasteiger partial charge in [0.15, 0.2) is 0 Å². The summed E-state index contributed by atoms with van der Waals surface area (Å²) in [4.78, 5) is 0. The first-order valence-corrected chi connectivity index (χ1v) is 7.26. The van der Waals surface area contributed by atoms with Crippen LogP contribution in [0.25, 0.3) is 0 Å². The van der Waals surface area contributed by atoms with Gasteiger partial charge < -0.3 is 14.9 Å². The Kier molecular flexibility index (Phi) is 6.41. The van der Waals surface area contributed by atoms with Gasteiger partial charge >= 0.3 is 0 Å². The summed E-state index contributed by atoms with van der Waals surface area (Å²) >= 11 is 0. The number of ether oxygens (including phenoxy) is 1. The monoisotopic (exact) mass is 286 g/mol. The molecule has 2 aromatic carbocycles. The van der Waals surface area contributed by atoms with Crippen LogP contribution in [0.2, 0.25) is 0 Å². The molecule has 2 atom stereocenters. The Labute approximate surface area is 125 Å². The maximum absolute atomic E-state index is 9.90. The van der Waals surface area contributed by atoms with Crippen molar-refractivity contribution in [2.24, 2.45) is 0 Å². The van der Waals surface area contributed by atoms with Crippen molar-refractivity contribution in [3.63, 3.8) is 0 Å². The van der Waals surface area contributed by atoms with E-state index in [-0.39, 0.29) is 13.2 Å². The highest BCUT2D eigenvalue weighted by molar-refractivity contribution is 5.16. The molecular formula is C18H22O3. The fourth-order valence-electron chi connectivity index (χ4n) is 2.23. The molecule has 2 N–H and O–H groups in total. The van der Waals surface area contributed by atoms with Crippen molar-refractivity contribution in [3.8, 4) is 0 Å². The molecule has 0 saturated carbocycles. The van der Waals surface area contributed by atoms with Crippen molar-refractivity contribution in [2.75, 3.05) is 13.2 Å². The van der Waals surface area contributed by atoms with Crippen LogP contribution >= 0.6 is 0 Å². The SMILES string of the molecule is OC(COCC(O)Cc1ccccc1)Cc1ccccc1. The van der Waals surface area contributed by atoms with E-state index < -0.39 is 12.2 Å². The molecule has 0 radical (unpaired) electrons. The van der Waals surface area contributed by atoms with Crippen LogP contribution in [-0.4, -0.2) is 35.6 Å². The molecule has 0 aliphatic rings. The molecule has 3 heteroatoms. The van der Waals surface area contributed by atoms with Gasteiger partial charge in [-0.1, -0.05) is 60.7 Å². The van der Waals surface area contributed by atoms with Gasteiger partial charge in [-0.2, -0.15) is 0 Å². The lowest BCUT2D eigenvalue weighted by atomic mass is 10.1. The molecule has 0 heterocycles. The van der Waals surface area contributed by atoms with Crippen LogP contribution < -0.4 is 0 Å². The van der Waals surface area contributed by atoms with Crippen LogP contribution in [0.15, 0.2) is 60.7 Å². The summed E-state index contributed by atoms with van der Waals surface area (Å²) in [6.45, 7) is 0.474. The minimum atomic E-state index is -0.545. The van der Waals surface area contributed by atoms with Gasteiger partial charge in [-0.25, -0.2) is 0 Å². The van der Waals surface area contributed by atoms with Crippen molar-refractivity contribution < 1.29 is 14.9 Å². The number of rotatable bonds is 8. The molecule has 0 fully saturated rings. The lowest BCUT2D eigenvalue weighted by molar-refractivity contribution is -0.00669. The smallest absolute Gasteiger partial charge is 0.0813 e. The summed E-state index contributed by atoms with van der Waals surface area (Å²) in [5.74, 6) is 0. The zero-order chi connectivity index (χ0) is 14.9. The van der Waals surface area contributed by atoms with E-state index in [4.69, 9.17) is 4.74 Å². The van der Waals surface area contributed by atoms with Crippen molar-refractivity contribution in [2.45, 2.75) is 25.0 Å². The Balaban J connectivity index is 1.64. The Morgan fingerprint density at radius 2 is 1.05 bits per heavy atom. The maximum Gasteiger partial charge on any atom is 0.0813 e. The number of hydrogen-bond acceptors (Lipinski definition) is 3. The molecule has 0 saturated heterocycles. The lowest BCUT2D eigenvalue weighted by Gasteiger charge is -2.14. The summed E-state index contributed by atoms with van der Waals surface area (Å²) in [7, 11) is 0. The van der Waals surface area contributed by atoms with Crippen LogP contribution in [0, 0.1) is 0 Å². The molecule has 2 aromatic rings. The molecule has 0 aliphatic carbocycles. The minimum absolute atomic E-state index is 0.237. The molecule has 0 bridgehead atoms. The number of aliphatic hydroxyl groups is 2.